The number of carbonyl (C=O) groups is 1. The fraction of sp³-hybridized carbons (Fsp3) is 0.533. The van der Waals surface area contributed by atoms with Crippen LogP contribution in [0.5, 0.6) is 0 Å². The number of carbonyl (C=O) groups excluding carboxylic acids is 1. The maximum atomic E-state index is 12.2. The molecule has 1 fully saturated rings. The lowest BCUT2D eigenvalue weighted by Gasteiger charge is -2.17. The van der Waals surface area contributed by atoms with E-state index in [0.717, 1.165) is 19.3 Å². The number of hydrogen-bond acceptors (Lipinski definition) is 4. The summed E-state index contributed by atoms with van der Waals surface area (Å²) in [6.07, 6.45) is 2.91. The average Bonchev–Trinajstić information content (AvgIpc) is 2.96. The minimum absolute atomic E-state index is 0.0194. The molecule has 2 rings (SSSR count). The van der Waals surface area contributed by atoms with Crippen molar-refractivity contribution in [2.24, 2.45) is 17.6 Å². The molecule has 0 aromatic heterocycles. The Hall–Kier alpha value is -1.40. The monoisotopic (exact) mass is 310 g/mol. The number of nitrogens with two attached hydrogens (primary N) is 1. The van der Waals surface area contributed by atoms with Crippen LogP contribution in [0.2, 0.25) is 0 Å². The van der Waals surface area contributed by atoms with Crippen molar-refractivity contribution in [1.29, 1.82) is 0 Å². The Morgan fingerprint density at radius 3 is 2.52 bits per heavy atom. The molecule has 116 valence electrons. The van der Waals surface area contributed by atoms with Crippen molar-refractivity contribution in [1.82, 2.24) is 0 Å². The summed E-state index contributed by atoms with van der Waals surface area (Å²) in [6, 6.07) is 6.33. The molecule has 0 spiro atoms. The summed E-state index contributed by atoms with van der Waals surface area (Å²) in [5, 5.41) is 2.86. The van der Waals surface area contributed by atoms with Crippen molar-refractivity contribution in [3.63, 3.8) is 0 Å². The predicted octanol–water partition coefficient (Wildman–Crippen LogP) is 1.79. The smallest absolute Gasteiger partial charge is 0.227 e. The molecular weight excluding hydrogens is 288 g/mol. The third-order valence-electron chi connectivity index (χ3n) is 4.16. The van der Waals surface area contributed by atoms with Crippen LogP contribution in [0.25, 0.3) is 0 Å². The van der Waals surface area contributed by atoms with Crippen LogP contribution in [-0.4, -0.2) is 26.6 Å². The van der Waals surface area contributed by atoms with Gasteiger partial charge in [-0.2, -0.15) is 0 Å². The number of anilines is 1. The molecule has 0 bridgehead atoms. The van der Waals surface area contributed by atoms with Crippen molar-refractivity contribution in [2.75, 3.05) is 17.6 Å². The molecule has 2 atom stereocenters. The van der Waals surface area contributed by atoms with Crippen molar-refractivity contribution in [3.8, 4) is 0 Å². The van der Waals surface area contributed by atoms with Crippen LogP contribution < -0.4 is 11.1 Å². The SMILES string of the molecule is CCS(=O)(=O)c1ccc(NC(=O)C2CCCC2CN)cc1. The van der Waals surface area contributed by atoms with Gasteiger partial charge in [0.1, 0.15) is 0 Å². The second-order valence-corrected chi connectivity index (χ2v) is 7.73. The Labute approximate surface area is 125 Å². The van der Waals surface area contributed by atoms with Crippen LogP contribution in [-0.2, 0) is 14.6 Å². The number of sulfone groups is 1. The van der Waals surface area contributed by atoms with Gasteiger partial charge in [0.05, 0.1) is 10.6 Å². The first-order valence-electron chi connectivity index (χ1n) is 7.31. The number of hydrogen-bond donors (Lipinski definition) is 2. The van der Waals surface area contributed by atoms with E-state index in [9.17, 15) is 13.2 Å². The number of benzene rings is 1. The van der Waals surface area contributed by atoms with Crippen LogP contribution in [0.15, 0.2) is 29.2 Å². The molecule has 1 saturated carbocycles. The van der Waals surface area contributed by atoms with E-state index in [-0.39, 0.29) is 28.4 Å². The van der Waals surface area contributed by atoms with Crippen molar-refractivity contribution >= 4 is 21.4 Å². The first-order chi connectivity index (χ1) is 9.97. The van der Waals surface area contributed by atoms with Crippen molar-refractivity contribution in [2.45, 2.75) is 31.1 Å². The van der Waals surface area contributed by atoms with Gasteiger partial charge in [0.2, 0.25) is 5.91 Å². The molecule has 1 aromatic carbocycles. The van der Waals surface area contributed by atoms with Gasteiger partial charge in [-0.3, -0.25) is 4.79 Å². The lowest BCUT2D eigenvalue weighted by molar-refractivity contribution is -0.120. The first kappa shape index (κ1) is 16.0. The maximum absolute atomic E-state index is 12.2. The quantitative estimate of drug-likeness (QED) is 0.867. The van der Waals surface area contributed by atoms with Gasteiger partial charge in [0.15, 0.2) is 9.84 Å². The summed E-state index contributed by atoms with van der Waals surface area (Å²) < 4.78 is 23.4. The van der Waals surface area contributed by atoms with Gasteiger partial charge in [-0.05, 0) is 49.6 Å². The van der Waals surface area contributed by atoms with Crippen LogP contribution in [0.4, 0.5) is 5.69 Å². The van der Waals surface area contributed by atoms with E-state index in [1.165, 1.54) is 12.1 Å². The molecule has 0 heterocycles. The summed E-state index contributed by atoms with van der Waals surface area (Å²) in [6.45, 7) is 2.14. The van der Waals surface area contributed by atoms with Gasteiger partial charge in [0, 0.05) is 11.6 Å². The normalized spacial score (nSPS) is 22.2. The lowest BCUT2D eigenvalue weighted by atomic mass is 9.95. The minimum Gasteiger partial charge on any atom is -0.330 e. The molecule has 6 heteroatoms. The molecule has 1 aromatic rings. The van der Waals surface area contributed by atoms with Gasteiger partial charge in [-0.25, -0.2) is 8.42 Å². The van der Waals surface area contributed by atoms with Crippen molar-refractivity contribution in [3.05, 3.63) is 24.3 Å². The molecule has 1 amide bonds. The summed E-state index contributed by atoms with van der Waals surface area (Å²) in [5.74, 6) is 0.270. The van der Waals surface area contributed by atoms with Crippen LogP contribution in [0.3, 0.4) is 0 Å². The van der Waals surface area contributed by atoms with E-state index in [1.54, 1.807) is 19.1 Å². The van der Waals surface area contributed by atoms with E-state index in [0.29, 0.717) is 12.2 Å². The summed E-state index contributed by atoms with van der Waals surface area (Å²) >= 11 is 0. The fourth-order valence-corrected chi connectivity index (χ4v) is 3.70. The summed E-state index contributed by atoms with van der Waals surface area (Å²) in [5.41, 5.74) is 6.31. The Kier molecular flexibility index (Phi) is 5.00. The second-order valence-electron chi connectivity index (χ2n) is 5.45. The minimum atomic E-state index is -3.20. The maximum Gasteiger partial charge on any atom is 0.227 e. The molecule has 1 aliphatic carbocycles. The lowest BCUT2D eigenvalue weighted by Crippen LogP contribution is -2.29. The molecule has 2 unspecified atom stereocenters. The molecule has 1 aliphatic rings. The molecule has 0 aliphatic heterocycles. The van der Waals surface area contributed by atoms with E-state index in [1.807, 2.05) is 0 Å². The number of nitrogens with one attached hydrogen (secondary N) is 1. The summed E-state index contributed by atoms with van der Waals surface area (Å²) in [4.78, 5) is 12.5. The van der Waals surface area contributed by atoms with E-state index in [2.05, 4.69) is 5.32 Å². The number of amides is 1. The number of rotatable bonds is 5. The van der Waals surface area contributed by atoms with Crippen LogP contribution in [0, 0.1) is 11.8 Å². The molecule has 3 N–H and O–H groups in total. The van der Waals surface area contributed by atoms with Gasteiger partial charge in [0.25, 0.3) is 0 Å². The molecule has 0 radical (unpaired) electrons. The highest BCUT2D eigenvalue weighted by Crippen LogP contribution is 2.31. The standard InChI is InChI=1S/C15H22N2O3S/c1-2-21(19,20)13-8-6-12(7-9-13)17-15(18)14-5-3-4-11(14)10-16/h6-9,11,14H,2-5,10,16H2,1H3,(H,17,18). The van der Waals surface area contributed by atoms with E-state index in [4.69, 9.17) is 5.73 Å². The second kappa shape index (κ2) is 6.58. The molecule has 5 nitrogen and oxygen atoms in total. The zero-order valence-corrected chi connectivity index (χ0v) is 13.0. The zero-order valence-electron chi connectivity index (χ0n) is 12.2. The third kappa shape index (κ3) is 3.63. The van der Waals surface area contributed by atoms with E-state index < -0.39 is 9.84 Å². The summed E-state index contributed by atoms with van der Waals surface area (Å²) in [7, 11) is -3.20. The largest absolute Gasteiger partial charge is 0.330 e. The first-order valence-corrected chi connectivity index (χ1v) is 8.97. The van der Waals surface area contributed by atoms with Crippen molar-refractivity contribution < 1.29 is 13.2 Å². The Bertz CT molecular complexity index is 596. The highest BCUT2D eigenvalue weighted by atomic mass is 32.2. The van der Waals surface area contributed by atoms with Crippen LogP contribution >= 0.6 is 0 Å². The Morgan fingerprint density at radius 2 is 1.95 bits per heavy atom. The third-order valence-corrected chi connectivity index (χ3v) is 5.91. The highest BCUT2D eigenvalue weighted by Gasteiger charge is 2.31. The van der Waals surface area contributed by atoms with Gasteiger partial charge >= 0.3 is 0 Å². The average molecular weight is 310 g/mol. The predicted molar refractivity (Wildman–Crippen MR) is 82.7 cm³/mol. The fourth-order valence-electron chi connectivity index (χ4n) is 2.81. The molecule has 0 saturated heterocycles. The zero-order chi connectivity index (χ0) is 15.5. The topological polar surface area (TPSA) is 89.3 Å². The van der Waals surface area contributed by atoms with Gasteiger partial charge in [-0.15, -0.1) is 0 Å². The van der Waals surface area contributed by atoms with Gasteiger partial charge in [-0.1, -0.05) is 13.3 Å². The molecular formula is C15H22N2O3S. The van der Waals surface area contributed by atoms with Crippen LogP contribution in [0.1, 0.15) is 26.2 Å². The highest BCUT2D eigenvalue weighted by molar-refractivity contribution is 7.91. The van der Waals surface area contributed by atoms with Gasteiger partial charge < -0.3 is 11.1 Å². The Balaban J connectivity index is 2.05. The Morgan fingerprint density at radius 1 is 1.29 bits per heavy atom. The van der Waals surface area contributed by atoms with E-state index >= 15 is 0 Å². The molecule has 21 heavy (non-hydrogen) atoms.